The molecule has 0 saturated carbocycles. The van der Waals surface area contributed by atoms with Gasteiger partial charge in [-0.05, 0) is 26.8 Å². The summed E-state index contributed by atoms with van der Waals surface area (Å²) in [6, 6.07) is 1.82. The summed E-state index contributed by atoms with van der Waals surface area (Å²) in [5, 5.41) is 18.6. The summed E-state index contributed by atoms with van der Waals surface area (Å²) in [4.78, 5) is 11.5. The first-order chi connectivity index (χ1) is 7.43. The van der Waals surface area contributed by atoms with Gasteiger partial charge in [-0.2, -0.15) is 5.10 Å². The largest absolute Gasteiger partial charge is 0.410 e. The molecule has 0 radical (unpaired) electrons. The first-order valence-electron chi connectivity index (χ1n) is 4.91. The van der Waals surface area contributed by atoms with Crippen molar-refractivity contribution in [2.45, 2.75) is 26.3 Å². The topological polar surface area (TPSA) is 79.5 Å². The minimum absolute atomic E-state index is 0.0121. The van der Waals surface area contributed by atoms with Gasteiger partial charge in [-0.15, -0.1) is 0 Å². The molecule has 1 aromatic rings. The monoisotopic (exact) mass is 224 g/mol. The van der Waals surface area contributed by atoms with Crippen LogP contribution in [-0.4, -0.2) is 33.7 Å². The number of aromatic nitrogens is 2. The molecule has 1 amide bonds. The summed E-state index contributed by atoms with van der Waals surface area (Å²) >= 11 is 0. The van der Waals surface area contributed by atoms with E-state index >= 15 is 0 Å². The van der Waals surface area contributed by atoms with E-state index < -0.39 is 11.4 Å². The third kappa shape index (κ3) is 2.05. The zero-order valence-corrected chi connectivity index (χ0v) is 9.85. The van der Waals surface area contributed by atoms with E-state index in [-0.39, 0.29) is 5.71 Å². The Morgan fingerprint density at radius 2 is 2.25 bits per heavy atom. The van der Waals surface area contributed by atoms with Crippen LogP contribution >= 0.6 is 0 Å². The van der Waals surface area contributed by atoms with Crippen LogP contribution in [0.4, 0.5) is 0 Å². The molecule has 16 heavy (non-hydrogen) atoms. The van der Waals surface area contributed by atoms with E-state index in [1.54, 1.807) is 24.7 Å². The first kappa shape index (κ1) is 12.2. The molecule has 1 aromatic heterocycles. The van der Waals surface area contributed by atoms with Crippen LogP contribution in [0.1, 0.15) is 19.5 Å². The summed E-state index contributed by atoms with van der Waals surface area (Å²) in [5.74, 6) is -0.430. The molecule has 6 nitrogen and oxygen atoms in total. The quantitative estimate of drug-likeness (QED) is 0.446. The van der Waals surface area contributed by atoms with E-state index in [2.05, 4.69) is 15.6 Å². The number of oxime groups is 1. The molecule has 0 aromatic carbocycles. The fourth-order valence-corrected chi connectivity index (χ4v) is 1.40. The Balaban J connectivity index is 3.14. The Labute approximate surface area is 93.9 Å². The second kappa shape index (κ2) is 4.34. The first-order valence-corrected chi connectivity index (χ1v) is 4.91. The van der Waals surface area contributed by atoms with Gasteiger partial charge in [0.1, 0.15) is 5.54 Å². The van der Waals surface area contributed by atoms with Gasteiger partial charge in [0.05, 0.1) is 5.69 Å². The standard InChI is InChI=1S/C10H16N4O2/c1-7-5-6-14(12-7)10(2,3)8(13-16)9(15)11-4/h5-6,16H,1-4H3,(H,11,15). The van der Waals surface area contributed by atoms with Crippen LogP contribution in [-0.2, 0) is 10.3 Å². The van der Waals surface area contributed by atoms with Gasteiger partial charge in [-0.25, -0.2) is 0 Å². The summed E-state index contributed by atoms with van der Waals surface area (Å²) in [5.41, 5.74) is 0.0451. The second-order valence-electron chi connectivity index (χ2n) is 3.99. The third-order valence-corrected chi connectivity index (χ3v) is 2.42. The van der Waals surface area contributed by atoms with Crippen molar-refractivity contribution in [2.24, 2.45) is 5.16 Å². The van der Waals surface area contributed by atoms with Gasteiger partial charge < -0.3 is 10.5 Å². The fraction of sp³-hybridized carbons (Fsp3) is 0.500. The van der Waals surface area contributed by atoms with E-state index in [4.69, 9.17) is 5.21 Å². The smallest absolute Gasteiger partial charge is 0.271 e. The number of nitrogens with one attached hydrogen (secondary N) is 1. The van der Waals surface area contributed by atoms with Gasteiger partial charge in [-0.3, -0.25) is 9.48 Å². The molecule has 0 bridgehead atoms. The van der Waals surface area contributed by atoms with Crippen molar-refractivity contribution in [3.8, 4) is 0 Å². The predicted octanol–water partition coefficient (Wildman–Crippen LogP) is 0.503. The van der Waals surface area contributed by atoms with Gasteiger partial charge in [0.25, 0.3) is 5.91 Å². The minimum Gasteiger partial charge on any atom is -0.410 e. The molecule has 0 spiro atoms. The molecule has 6 heteroatoms. The minimum atomic E-state index is -0.802. The lowest BCUT2D eigenvalue weighted by Crippen LogP contribution is -2.45. The van der Waals surface area contributed by atoms with Gasteiger partial charge >= 0.3 is 0 Å². The molecule has 0 fully saturated rings. The highest BCUT2D eigenvalue weighted by Crippen LogP contribution is 2.17. The molecule has 0 unspecified atom stereocenters. The molecule has 1 heterocycles. The van der Waals surface area contributed by atoms with Crippen molar-refractivity contribution in [3.05, 3.63) is 18.0 Å². The Morgan fingerprint density at radius 1 is 1.62 bits per heavy atom. The number of nitrogens with zero attached hydrogens (tertiary/aromatic N) is 3. The molecule has 0 atom stereocenters. The van der Waals surface area contributed by atoms with Crippen LogP contribution < -0.4 is 5.32 Å². The Bertz CT molecular complexity index is 420. The summed E-state index contributed by atoms with van der Waals surface area (Å²) in [6.45, 7) is 5.36. The maximum absolute atomic E-state index is 11.5. The number of hydrogen-bond donors (Lipinski definition) is 2. The molecule has 88 valence electrons. The number of rotatable bonds is 3. The molecule has 1 rings (SSSR count). The highest BCUT2D eigenvalue weighted by molar-refractivity contribution is 6.41. The molecule has 0 aliphatic heterocycles. The molecule has 0 aliphatic carbocycles. The normalized spacial score (nSPS) is 12.6. The fourth-order valence-electron chi connectivity index (χ4n) is 1.40. The van der Waals surface area contributed by atoms with Crippen LogP contribution in [0.5, 0.6) is 0 Å². The highest BCUT2D eigenvalue weighted by atomic mass is 16.4. The van der Waals surface area contributed by atoms with Gasteiger partial charge in [0.2, 0.25) is 0 Å². The van der Waals surface area contributed by atoms with E-state index in [0.29, 0.717) is 0 Å². The highest BCUT2D eigenvalue weighted by Gasteiger charge is 2.33. The van der Waals surface area contributed by atoms with Gasteiger partial charge in [0, 0.05) is 13.2 Å². The number of carbonyl (C=O) groups excluding carboxylic acids is 1. The predicted molar refractivity (Wildman–Crippen MR) is 59.6 cm³/mol. The van der Waals surface area contributed by atoms with Crippen molar-refractivity contribution >= 4 is 11.6 Å². The lowest BCUT2D eigenvalue weighted by molar-refractivity contribution is -0.114. The van der Waals surface area contributed by atoms with Crippen LogP contribution in [0.3, 0.4) is 0 Å². The van der Waals surface area contributed by atoms with Gasteiger partial charge in [0.15, 0.2) is 5.71 Å². The Hall–Kier alpha value is -1.85. The van der Waals surface area contributed by atoms with Crippen LogP contribution in [0.15, 0.2) is 17.4 Å². The molecular weight excluding hydrogens is 208 g/mol. The van der Waals surface area contributed by atoms with Crippen LogP contribution in [0, 0.1) is 6.92 Å². The van der Waals surface area contributed by atoms with E-state index in [0.717, 1.165) is 5.69 Å². The third-order valence-electron chi connectivity index (χ3n) is 2.42. The van der Waals surface area contributed by atoms with Crippen molar-refractivity contribution in [1.82, 2.24) is 15.1 Å². The van der Waals surface area contributed by atoms with E-state index in [1.807, 2.05) is 13.0 Å². The molecule has 0 saturated heterocycles. The molecule has 0 aliphatic rings. The van der Waals surface area contributed by atoms with E-state index in [9.17, 15) is 4.79 Å². The zero-order valence-electron chi connectivity index (χ0n) is 9.85. The van der Waals surface area contributed by atoms with E-state index in [1.165, 1.54) is 7.05 Å². The zero-order chi connectivity index (χ0) is 12.3. The summed E-state index contributed by atoms with van der Waals surface area (Å²) in [7, 11) is 1.48. The lowest BCUT2D eigenvalue weighted by Gasteiger charge is -2.25. The Morgan fingerprint density at radius 3 is 2.62 bits per heavy atom. The van der Waals surface area contributed by atoms with Gasteiger partial charge in [-0.1, -0.05) is 5.16 Å². The van der Waals surface area contributed by atoms with Crippen LogP contribution in [0.25, 0.3) is 0 Å². The summed E-state index contributed by atoms with van der Waals surface area (Å²) in [6.07, 6.45) is 1.74. The summed E-state index contributed by atoms with van der Waals surface area (Å²) < 4.78 is 1.59. The molecule has 2 N–H and O–H groups in total. The number of aryl methyl sites for hydroxylation is 1. The maximum atomic E-state index is 11.5. The number of hydrogen-bond acceptors (Lipinski definition) is 4. The SMILES string of the molecule is CNC(=O)C(=NO)C(C)(C)n1ccc(C)n1. The Kier molecular flexibility index (Phi) is 3.31. The lowest BCUT2D eigenvalue weighted by atomic mass is 9.98. The average molecular weight is 224 g/mol. The average Bonchev–Trinajstić information content (AvgIpc) is 2.65. The van der Waals surface area contributed by atoms with Crippen molar-refractivity contribution < 1.29 is 10.0 Å². The van der Waals surface area contributed by atoms with Crippen LogP contribution in [0.2, 0.25) is 0 Å². The second-order valence-corrected chi connectivity index (χ2v) is 3.99. The number of carbonyl (C=O) groups is 1. The van der Waals surface area contributed by atoms with Crippen molar-refractivity contribution in [1.29, 1.82) is 0 Å². The maximum Gasteiger partial charge on any atom is 0.271 e. The van der Waals surface area contributed by atoms with Crippen molar-refractivity contribution in [2.75, 3.05) is 7.05 Å². The number of amides is 1. The molecular formula is C10H16N4O2. The van der Waals surface area contributed by atoms with Crippen molar-refractivity contribution in [3.63, 3.8) is 0 Å².